The Morgan fingerprint density at radius 3 is 2.50 bits per heavy atom. The van der Waals surface area contributed by atoms with Crippen LogP contribution in [0.25, 0.3) is 0 Å². The third kappa shape index (κ3) is 3.50. The maximum Gasteiger partial charge on any atom is 0.151 e. The zero-order chi connectivity index (χ0) is 12.2. The van der Waals surface area contributed by atoms with Crippen LogP contribution >= 0.6 is 0 Å². The van der Waals surface area contributed by atoms with Crippen LogP contribution in [0, 0.1) is 11.8 Å². The molecule has 0 N–H and O–H groups in total. The summed E-state index contributed by atoms with van der Waals surface area (Å²) in [4.78, 5) is 2.08. The second-order valence-corrected chi connectivity index (χ2v) is 6.83. The Hall–Kier alpha value is -0.530. The Balaban J connectivity index is 2.76. The van der Waals surface area contributed by atoms with Gasteiger partial charge in [0, 0.05) is 12.3 Å². The van der Waals surface area contributed by atoms with Gasteiger partial charge in [0.15, 0.2) is 9.84 Å². The van der Waals surface area contributed by atoms with Crippen LogP contribution in [-0.2, 0) is 9.84 Å². The fourth-order valence-corrected chi connectivity index (χ4v) is 3.91. The van der Waals surface area contributed by atoms with Crippen molar-refractivity contribution in [1.82, 2.24) is 4.90 Å². The van der Waals surface area contributed by atoms with Crippen LogP contribution in [0.5, 0.6) is 0 Å². The highest BCUT2D eigenvalue weighted by Gasteiger charge is 2.34. The Bertz CT molecular complexity index is 378. The molecule has 1 aliphatic rings. The molecule has 1 fully saturated rings. The second kappa shape index (κ2) is 5.70. The first-order valence-electron chi connectivity index (χ1n) is 5.75. The highest BCUT2D eigenvalue weighted by Crippen LogP contribution is 2.27. The zero-order valence-electron chi connectivity index (χ0n) is 10.4. The molecule has 0 spiro atoms. The summed E-state index contributed by atoms with van der Waals surface area (Å²) in [5.41, 5.74) is 0. The predicted molar refractivity (Wildman–Crippen MR) is 67.0 cm³/mol. The first-order valence-corrected chi connectivity index (χ1v) is 7.71. The summed E-state index contributed by atoms with van der Waals surface area (Å²) in [5.74, 6) is 5.85. The fourth-order valence-electron chi connectivity index (χ4n) is 2.40. The average molecular weight is 243 g/mol. The van der Waals surface area contributed by atoms with E-state index in [2.05, 4.69) is 16.7 Å². The first kappa shape index (κ1) is 13.5. The highest BCUT2D eigenvalue weighted by molar-refractivity contribution is 7.91. The van der Waals surface area contributed by atoms with E-state index < -0.39 is 9.84 Å². The molecular formula is C12H21NO2S. The van der Waals surface area contributed by atoms with Gasteiger partial charge in [-0.3, -0.25) is 4.90 Å². The largest absolute Gasteiger partial charge is 0.291 e. The summed E-state index contributed by atoms with van der Waals surface area (Å²) in [6.45, 7) is 2.47. The van der Waals surface area contributed by atoms with Crippen molar-refractivity contribution in [2.75, 3.05) is 19.8 Å². The van der Waals surface area contributed by atoms with Crippen LogP contribution in [0.4, 0.5) is 0 Å². The predicted octanol–water partition coefficient (Wildman–Crippen LogP) is 1.30. The van der Waals surface area contributed by atoms with E-state index >= 15 is 0 Å². The second-order valence-electron chi connectivity index (χ2n) is 4.56. The van der Waals surface area contributed by atoms with Crippen LogP contribution < -0.4 is 0 Å². The van der Waals surface area contributed by atoms with E-state index in [0.717, 1.165) is 25.7 Å². The molecule has 0 unspecified atom stereocenters. The fraction of sp³-hybridized carbons (Fsp3) is 0.833. The Morgan fingerprint density at radius 1 is 1.31 bits per heavy atom. The topological polar surface area (TPSA) is 37.4 Å². The molecule has 0 saturated heterocycles. The van der Waals surface area contributed by atoms with Gasteiger partial charge in [0.05, 0.1) is 11.8 Å². The van der Waals surface area contributed by atoms with E-state index in [1.54, 1.807) is 0 Å². The average Bonchev–Trinajstić information content (AvgIpc) is 2.24. The minimum atomic E-state index is -2.93. The zero-order valence-corrected chi connectivity index (χ0v) is 11.2. The molecule has 0 amide bonds. The summed E-state index contributed by atoms with van der Waals surface area (Å²) in [5, 5.41) is -0.204. The molecule has 0 heterocycles. The van der Waals surface area contributed by atoms with Gasteiger partial charge in [-0.05, 0) is 26.8 Å². The first-order chi connectivity index (χ1) is 7.46. The summed E-state index contributed by atoms with van der Waals surface area (Å²) in [6, 6.07) is 0.143. The quantitative estimate of drug-likeness (QED) is 0.701. The van der Waals surface area contributed by atoms with Crippen LogP contribution in [0.15, 0.2) is 0 Å². The lowest BCUT2D eigenvalue weighted by atomic mass is 9.94. The molecule has 3 nitrogen and oxygen atoms in total. The number of hydrogen-bond acceptors (Lipinski definition) is 3. The van der Waals surface area contributed by atoms with Gasteiger partial charge in [0.25, 0.3) is 0 Å². The van der Waals surface area contributed by atoms with Gasteiger partial charge in [-0.1, -0.05) is 18.8 Å². The number of rotatable bonds is 3. The van der Waals surface area contributed by atoms with E-state index in [1.807, 2.05) is 14.0 Å². The Morgan fingerprint density at radius 2 is 1.94 bits per heavy atom. The number of nitrogens with zero attached hydrogens (tertiary/aromatic N) is 1. The monoisotopic (exact) mass is 243 g/mol. The summed E-state index contributed by atoms with van der Waals surface area (Å²) in [6.07, 6.45) is 5.28. The standard InChI is InChI=1S/C12H21NO2S/c1-4-5-10-13(2)11-8-6-7-9-12(11)16(3,14)15/h11-12H,6-10H2,1-3H3/t11-,12-/m0/s1. The van der Waals surface area contributed by atoms with Gasteiger partial charge in [-0.25, -0.2) is 8.42 Å². The molecule has 0 aromatic rings. The van der Waals surface area contributed by atoms with Crippen LogP contribution in [0.3, 0.4) is 0 Å². The summed E-state index contributed by atoms with van der Waals surface area (Å²) < 4.78 is 23.4. The third-order valence-corrected chi connectivity index (χ3v) is 4.94. The summed E-state index contributed by atoms with van der Waals surface area (Å²) >= 11 is 0. The van der Waals surface area contributed by atoms with Crippen LogP contribution in [0.2, 0.25) is 0 Å². The molecule has 1 rings (SSSR count). The molecule has 0 bridgehead atoms. The SMILES string of the molecule is CC#CCN(C)[C@H]1CCCC[C@@H]1S(C)(=O)=O. The van der Waals surface area contributed by atoms with Crippen molar-refractivity contribution in [2.24, 2.45) is 0 Å². The van der Waals surface area contributed by atoms with E-state index in [9.17, 15) is 8.42 Å². The minimum Gasteiger partial charge on any atom is -0.291 e. The molecular weight excluding hydrogens is 222 g/mol. The molecule has 2 atom stereocenters. The van der Waals surface area contributed by atoms with Gasteiger partial charge in [0.2, 0.25) is 0 Å². The Labute approximate surface area is 99.1 Å². The number of sulfone groups is 1. The smallest absolute Gasteiger partial charge is 0.151 e. The van der Waals surface area contributed by atoms with Gasteiger partial charge in [-0.2, -0.15) is 0 Å². The lowest BCUT2D eigenvalue weighted by Gasteiger charge is -2.36. The lowest BCUT2D eigenvalue weighted by Crippen LogP contribution is -2.47. The summed E-state index contributed by atoms with van der Waals surface area (Å²) in [7, 11) is -0.964. The van der Waals surface area contributed by atoms with E-state index in [0.29, 0.717) is 6.54 Å². The van der Waals surface area contributed by atoms with Crippen molar-refractivity contribution < 1.29 is 8.42 Å². The normalized spacial score (nSPS) is 26.2. The number of hydrogen-bond donors (Lipinski definition) is 0. The molecule has 0 radical (unpaired) electrons. The van der Waals surface area contributed by atoms with Crippen molar-refractivity contribution in [3.8, 4) is 11.8 Å². The molecule has 1 aliphatic carbocycles. The van der Waals surface area contributed by atoms with Crippen molar-refractivity contribution >= 4 is 9.84 Å². The van der Waals surface area contributed by atoms with E-state index in [1.165, 1.54) is 6.26 Å². The molecule has 4 heteroatoms. The van der Waals surface area contributed by atoms with Gasteiger partial charge in [-0.15, -0.1) is 5.92 Å². The van der Waals surface area contributed by atoms with Crippen molar-refractivity contribution in [3.05, 3.63) is 0 Å². The highest BCUT2D eigenvalue weighted by atomic mass is 32.2. The Kier molecular flexibility index (Phi) is 4.82. The molecule has 92 valence electrons. The lowest BCUT2D eigenvalue weighted by molar-refractivity contribution is 0.214. The molecule has 0 aliphatic heterocycles. The maximum absolute atomic E-state index is 11.7. The van der Waals surface area contributed by atoms with Crippen molar-refractivity contribution in [3.63, 3.8) is 0 Å². The molecule has 1 saturated carbocycles. The maximum atomic E-state index is 11.7. The molecule has 0 aromatic carbocycles. The van der Waals surface area contributed by atoms with Crippen LogP contribution in [-0.4, -0.2) is 44.5 Å². The van der Waals surface area contributed by atoms with Gasteiger partial charge < -0.3 is 0 Å². The van der Waals surface area contributed by atoms with E-state index in [4.69, 9.17) is 0 Å². The van der Waals surface area contributed by atoms with E-state index in [-0.39, 0.29) is 11.3 Å². The van der Waals surface area contributed by atoms with Gasteiger partial charge >= 0.3 is 0 Å². The van der Waals surface area contributed by atoms with Crippen LogP contribution in [0.1, 0.15) is 32.6 Å². The molecule has 0 aromatic heterocycles. The van der Waals surface area contributed by atoms with Crippen molar-refractivity contribution in [1.29, 1.82) is 0 Å². The van der Waals surface area contributed by atoms with Gasteiger partial charge in [0.1, 0.15) is 0 Å². The third-order valence-electron chi connectivity index (χ3n) is 3.29. The minimum absolute atomic E-state index is 0.143. The van der Waals surface area contributed by atoms with Crippen molar-refractivity contribution in [2.45, 2.75) is 43.9 Å². The molecule has 16 heavy (non-hydrogen) atoms.